The second-order valence-corrected chi connectivity index (χ2v) is 6.11. The molecule has 0 N–H and O–H groups in total. The van der Waals surface area contributed by atoms with Crippen molar-refractivity contribution in [3.63, 3.8) is 0 Å². The van der Waals surface area contributed by atoms with Gasteiger partial charge in [0.25, 0.3) is 5.91 Å². The van der Waals surface area contributed by atoms with E-state index in [4.69, 9.17) is 9.47 Å². The number of hydrogen-bond donors (Lipinski definition) is 0. The van der Waals surface area contributed by atoms with Crippen molar-refractivity contribution >= 4 is 17.2 Å². The van der Waals surface area contributed by atoms with Gasteiger partial charge in [-0.25, -0.2) is 4.98 Å². The van der Waals surface area contributed by atoms with E-state index in [0.717, 1.165) is 16.5 Å². The van der Waals surface area contributed by atoms with Crippen molar-refractivity contribution in [2.24, 2.45) is 0 Å². The number of amides is 1. The minimum Gasteiger partial charge on any atom is -0.486 e. The molecule has 2 heterocycles. The van der Waals surface area contributed by atoms with Gasteiger partial charge >= 0.3 is 0 Å². The molecule has 5 nitrogen and oxygen atoms in total. The molecule has 1 saturated heterocycles. The van der Waals surface area contributed by atoms with Gasteiger partial charge < -0.3 is 14.4 Å². The van der Waals surface area contributed by atoms with Gasteiger partial charge in [-0.15, -0.1) is 11.3 Å². The monoisotopic (exact) mass is 318 g/mol. The number of carbonyl (C=O) groups excluding carboxylic acids is 1. The highest BCUT2D eigenvalue weighted by atomic mass is 32.1. The number of benzene rings is 1. The second kappa shape index (κ2) is 6.89. The fraction of sp³-hybridized carbons (Fsp3) is 0.375. The standard InChI is InChI=1S/C16H18N2O3S/c1-12-15(16(19)18-7-9-20-10-8-18)22-14(17-12)11-21-13-5-3-2-4-6-13/h2-6H,7-11H2,1H3. The summed E-state index contributed by atoms with van der Waals surface area (Å²) < 4.78 is 11.0. The second-order valence-electron chi connectivity index (χ2n) is 5.03. The molecular formula is C16H18N2O3S. The largest absolute Gasteiger partial charge is 0.486 e. The summed E-state index contributed by atoms with van der Waals surface area (Å²) in [6.45, 7) is 4.75. The number of aryl methyl sites for hydroxylation is 1. The van der Waals surface area contributed by atoms with Crippen LogP contribution in [0.25, 0.3) is 0 Å². The Morgan fingerprint density at radius 3 is 2.77 bits per heavy atom. The van der Waals surface area contributed by atoms with Crippen molar-refractivity contribution in [2.75, 3.05) is 26.3 Å². The SMILES string of the molecule is Cc1nc(COc2ccccc2)sc1C(=O)N1CCOCC1. The predicted molar refractivity (Wildman–Crippen MR) is 84.3 cm³/mol. The maximum atomic E-state index is 12.5. The smallest absolute Gasteiger partial charge is 0.266 e. The summed E-state index contributed by atoms with van der Waals surface area (Å²) in [5, 5.41) is 0.818. The van der Waals surface area contributed by atoms with Gasteiger partial charge in [0.2, 0.25) is 0 Å². The quantitative estimate of drug-likeness (QED) is 0.869. The summed E-state index contributed by atoms with van der Waals surface area (Å²) in [6, 6.07) is 9.60. The Labute approximate surface area is 133 Å². The molecule has 2 aromatic rings. The number of thiazole rings is 1. The van der Waals surface area contributed by atoms with E-state index >= 15 is 0 Å². The molecule has 0 unspecified atom stereocenters. The maximum absolute atomic E-state index is 12.5. The van der Waals surface area contributed by atoms with Crippen LogP contribution in [0.5, 0.6) is 5.75 Å². The van der Waals surface area contributed by atoms with E-state index in [1.165, 1.54) is 11.3 Å². The molecule has 3 rings (SSSR count). The Morgan fingerprint density at radius 2 is 2.05 bits per heavy atom. The summed E-state index contributed by atoms with van der Waals surface area (Å²) >= 11 is 1.41. The van der Waals surface area contributed by atoms with E-state index in [0.29, 0.717) is 37.8 Å². The summed E-state index contributed by atoms with van der Waals surface area (Å²) in [4.78, 5) is 19.5. The first-order chi connectivity index (χ1) is 10.7. The van der Waals surface area contributed by atoms with Crippen LogP contribution in [0.1, 0.15) is 20.4 Å². The molecular weight excluding hydrogens is 300 g/mol. The molecule has 1 amide bonds. The molecule has 6 heteroatoms. The molecule has 0 radical (unpaired) electrons. The minimum absolute atomic E-state index is 0.0456. The minimum atomic E-state index is 0.0456. The van der Waals surface area contributed by atoms with Gasteiger partial charge in [0.1, 0.15) is 22.2 Å². The van der Waals surface area contributed by atoms with E-state index in [9.17, 15) is 4.79 Å². The molecule has 116 valence electrons. The predicted octanol–water partition coefficient (Wildman–Crippen LogP) is 2.50. The van der Waals surface area contributed by atoms with Crippen LogP contribution < -0.4 is 4.74 Å². The molecule has 1 aliphatic heterocycles. The van der Waals surface area contributed by atoms with Crippen molar-refractivity contribution in [1.29, 1.82) is 0 Å². The lowest BCUT2D eigenvalue weighted by atomic mass is 10.3. The zero-order valence-corrected chi connectivity index (χ0v) is 13.3. The van der Waals surface area contributed by atoms with E-state index in [2.05, 4.69) is 4.98 Å². The van der Waals surface area contributed by atoms with Gasteiger partial charge in [-0.2, -0.15) is 0 Å². The number of rotatable bonds is 4. The van der Waals surface area contributed by atoms with Crippen LogP contribution in [0.15, 0.2) is 30.3 Å². The van der Waals surface area contributed by atoms with Crippen molar-refractivity contribution in [3.05, 3.63) is 45.9 Å². The van der Waals surface area contributed by atoms with Gasteiger partial charge in [-0.3, -0.25) is 4.79 Å². The Hall–Kier alpha value is -1.92. The van der Waals surface area contributed by atoms with Gasteiger partial charge in [-0.1, -0.05) is 18.2 Å². The fourth-order valence-corrected chi connectivity index (χ4v) is 3.23. The van der Waals surface area contributed by atoms with Crippen molar-refractivity contribution in [1.82, 2.24) is 9.88 Å². The van der Waals surface area contributed by atoms with E-state index in [1.54, 1.807) is 0 Å². The average molecular weight is 318 g/mol. The average Bonchev–Trinajstić information content (AvgIpc) is 2.95. The van der Waals surface area contributed by atoms with Crippen LogP contribution in [-0.4, -0.2) is 42.1 Å². The zero-order valence-electron chi connectivity index (χ0n) is 12.4. The van der Waals surface area contributed by atoms with Crippen LogP contribution in [-0.2, 0) is 11.3 Å². The highest BCUT2D eigenvalue weighted by molar-refractivity contribution is 7.13. The van der Waals surface area contributed by atoms with Gasteiger partial charge in [0.15, 0.2) is 0 Å². The summed E-state index contributed by atoms with van der Waals surface area (Å²) in [5.41, 5.74) is 0.771. The topological polar surface area (TPSA) is 51.7 Å². The van der Waals surface area contributed by atoms with Crippen molar-refractivity contribution in [2.45, 2.75) is 13.5 Å². The van der Waals surface area contributed by atoms with E-state index < -0.39 is 0 Å². The molecule has 0 atom stereocenters. The lowest BCUT2D eigenvalue weighted by Crippen LogP contribution is -2.40. The normalized spacial score (nSPS) is 14.9. The summed E-state index contributed by atoms with van der Waals surface area (Å²) in [7, 11) is 0. The Morgan fingerprint density at radius 1 is 1.32 bits per heavy atom. The number of hydrogen-bond acceptors (Lipinski definition) is 5. The molecule has 1 aromatic heterocycles. The van der Waals surface area contributed by atoms with Crippen LogP contribution in [0.4, 0.5) is 0 Å². The van der Waals surface area contributed by atoms with Crippen LogP contribution in [0.2, 0.25) is 0 Å². The van der Waals surface area contributed by atoms with Gasteiger partial charge in [0, 0.05) is 13.1 Å². The molecule has 1 fully saturated rings. The summed E-state index contributed by atoms with van der Waals surface area (Å²) in [6.07, 6.45) is 0. The van der Waals surface area contributed by atoms with Crippen molar-refractivity contribution in [3.8, 4) is 5.75 Å². The van der Waals surface area contributed by atoms with E-state index in [1.807, 2.05) is 42.2 Å². The lowest BCUT2D eigenvalue weighted by molar-refractivity contribution is 0.0305. The van der Waals surface area contributed by atoms with Gasteiger partial charge in [0.05, 0.1) is 18.9 Å². The third-order valence-corrected chi connectivity index (χ3v) is 4.56. The first kappa shape index (κ1) is 15.0. The molecule has 0 spiro atoms. The molecule has 0 bridgehead atoms. The van der Waals surface area contributed by atoms with E-state index in [-0.39, 0.29) is 5.91 Å². The lowest BCUT2D eigenvalue weighted by Gasteiger charge is -2.26. The number of aromatic nitrogens is 1. The third kappa shape index (κ3) is 3.45. The number of carbonyl (C=O) groups is 1. The maximum Gasteiger partial charge on any atom is 0.266 e. The number of morpholine rings is 1. The molecule has 0 saturated carbocycles. The van der Waals surface area contributed by atoms with Crippen LogP contribution in [0, 0.1) is 6.92 Å². The molecule has 22 heavy (non-hydrogen) atoms. The van der Waals surface area contributed by atoms with Crippen LogP contribution >= 0.6 is 11.3 Å². The fourth-order valence-electron chi connectivity index (χ4n) is 2.28. The Balaban J connectivity index is 1.66. The summed E-state index contributed by atoms with van der Waals surface area (Å²) in [5.74, 6) is 0.848. The Kier molecular flexibility index (Phi) is 4.70. The molecule has 1 aromatic carbocycles. The number of para-hydroxylation sites is 1. The van der Waals surface area contributed by atoms with Gasteiger partial charge in [-0.05, 0) is 19.1 Å². The number of nitrogens with zero attached hydrogens (tertiary/aromatic N) is 2. The van der Waals surface area contributed by atoms with Crippen molar-refractivity contribution < 1.29 is 14.3 Å². The molecule has 1 aliphatic rings. The highest BCUT2D eigenvalue weighted by Gasteiger charge is 2.23. The first-order valence-corrected chi connectivity index (χ1v) is 8.07. The zero-order chi connectivity index (χ0) is 15.4. The third-order valence-electron chi connectivity index (χ3n) is 3.44. The molecule has 0 aliphatic carbocycles. The first-order valence-electron chi connectivity index (χ1n) is 7.25. The Bertz CT molecular complexity index is 636. The highest BCUT2D eigenvalue weighted by Crippen LogP contribution is 2.22. The van der Waals surface area contributed by atoms with Crippen LogP contribution in [0.3, 0.4) is 0 Å². The number of ether oxygens (including phenoxy) is 2.